The molecule has 0 aliphatic carbocycles. The standard InChI is InChI=1S/C22H46O3Si2/c1-12-14-18-26(8,9)21(5,6)25-27(10,11)22(7,13-2)16-15-17-24-20(23)19(3)4/h3,12-18H2,1-2,4-11H3. The van der Waals surface area contributed by atoms with Gasteiger partial charge >= 0.3 is 5.97 Å². The number of carbonyl (C=O) groups is 1. The van der Waals surface area contributed by atoms with Crippen LogP contribution in [0.1, 0.15) is 73.6 Å². The van der Waals surface area contributed by atoms with Gasteiger partial charge in [0.15, 0.2) is 8.32 Å². The number of rotatable bonds is 13. The Bertz CT molecular complexity index is 498. The minimum absolute atomic E-state index is 0.0270. The van der Waals surface area contributed by atoms with Crippen LogP contribution in [-0.2, 0) is 14.0 Å². The minimum Gasteiger partial charge on any atom is -0.462 e. The maximum atomic E-state index is 11.6. The van der Waals surface area contributed by atoms with Crippen molar-refractivity contribution in [3.8, 4) is 0 Å². The van der Waals surface area contributed by atoms with Crippen LogP contribution in [0.15, 0.2) is 12.2 Å². The Morgan fingerprint density at radius 3 is 2.04 bits per heavy atom. The summed E-state index contributed by atoms with van der Waals surface area (Å²) in [5, 5.41) is 0.135. The Morgan fingerprint density at radius 2 is 1.59 bits per heavy atom. The molecule has 0 saturated carbocycles. The summed E-state index contributed by atoms with van der Waals surface area (Å²) in [6, 6.07) is 1.32. The normalized spacial score (nSPS) is 15.3. The second kappa shape index (κ2) is 10.4. The number of ether oxygens (including phenoxy) is 1. The molecule has 0 spiro atoms. The van der Waals surface area contributed by atoms with E-state index in [9.17, 15) is 4.79 Å². The Morgan fingerprint density at radius 1 is 1.04 bits per heavy atom. The van der Waals surface area contributed by atoms with E-state index >= 15 is 0 Å². The third-order valence-electron chi connectivity index (χ3n) is 6.98. The lowest BCUT2D eigenvalue weighted by molar-refractivity contribution is -0.139. The molecule has 5 heteroatoms. The first-order valence-corrected chi connectivity index (χ1v) is 16.8. The second-order valence-corrected chi connectivity index (χ2v) is 19.9. The molecule has 1 atom stereocenters. The van der Waals surface area contributed by atoms with Crippen molar-refractivity contribution < 1.29 is 14.0 Å². The van der Waals surface area contributed by atoms with Gasteiger partial charge in [-0.1, -0.05) is 65.8 Å². The molecule has 160 valence electrons. The zero-order valence-electron chi connectivity index (χ0n) is 19.9. The quantitative estimate of drug-likeness (QED) is 0.139. The van der Waals surface area contributed by atoms with Crippen LogP contribution in [0.4, 0.5) is 0 Å². The van der Waals surface area contributed by atoms with Gasteiger partial charge in [0.1, 0.15) is 0 Å². The number of unbranched alkanes of at least 4 members (excludes halogenated alkanes) is 1. The highest BCUT2D eigenvalue weighted by Gasteiger charge is 2.50. The molecule has 0 N–H and O–H groups in total. The molecule has 0 rings (SSSR count). The lowest BCUT2D eigenvalue weighted by atomic mass is 10.0. The maximum absolute atomic E-state index is 11.6. The van der Waals surface area contributed by atoms with Crippen molar-refractivity contribution in [2.45, 2.75) is 116 Å². The Labute approximate surface area is 171 Å². The molecule has 27 heavy (non-hydrogen) atoms. The summed E-state index contributed by atoms with van der Waals surface area (Å²) in [5.41, 5.74) is 0.465. The van der Waals surface area contributed by atoms with Crippen molar-refractivity contribution in [1.82, 2.24) is 0 Å². The van der Waals surface area contributed by atoms with E-state index in [4.69, 9.17) is 9.16 Å². The van der Waals surface area contributed by atoms with E-state index in [-0.39, 0.29) is 16.2 Å². The topological polar surface area (TPSA) is 35.5 Å². The molecule has 0 radical (unpaired) electrons. The van der Waals surface area contributed by atoms with Gasteiger partial charge in [0.25, 0.3) is 0 Å². The van der Waals surface area contributed by atoms with Gasteiger partial charge in [-0.05, 0) is 51.7 Å². The molecule has 3 nitrogen and oxygen atoms in total. The van der Waals surface area contributed by atoms with E-state index in [1.807, 2.05) is 0 Å². The molecule has 0 fully saturated rings. The predicted octanol–water partition coefficient (Wildman–Crippen LogP) is 7.10. The van der Waals surface area contributed by atoms with E-state index in [1.165, 1.54) is 18.9 Å². The van der Waals surface area contributed by atoms with Crippen molar-refractivity contribution in [2.24, 2.45) is 0 Å². The summed E-state index contributed by atoms with van der Waals surface area (Å²) in [5.74, 6) is -0.286. The second-order valence-electron chi connectivity index (χ2n) is 10.0. The summed E-state index contributed by atoms with van der Waals surface area (Å²) < 4.78 is 12.3. The SMILES string of the molecule is C=C(C)C(=O)OCCCC(C)(CC)[Si](C)(C)OC(C)(C)[Si](C)(C)CCCC. The predicted molar refractivity (Wildman–Crippen MR) is 124 cm³/mol. The first-order valence-electron chi connectivity index (χ1n) is 10.7. The Balaban J connectivity index is 5.08. The average molecular weight is 415 g/mol. The van der Waals surface area contributed by atoms with Crippen LogP contribution < -0.4 is 0 Å². The monoisotopic (exact) mass is 414 g/mol. The highest BCUT2D eigenvalue weighted by molar-refractivity contribution is 6.82. The molecule has 0 saturated heterocycles. The molecule has 0 aromatic heterocycles. The summed E-state index contributed by atoms with van der Waals surface area (Å²) in [4.78, 5) is 11.6. The van der Waals surface area contributed by atoms with Crippen molar-refractivity contribution in [3.05, 3.63) is 12.2 Å². The summed E-state index contributed by atoms with van der Waals surface area (Å²) >= 11 is 0. The summed E-state index contributed by atoms with van der Waals surface area (Å²) in [7, 11) is -3.45. The number of hydrogen-bond donors (Lipinski definition) is 0. The molecule has 0 aromatic carbocycles. The molecule has 0 heterocycles. The smallest absolute Gasteiger partial charge is 0.333 e. The van der Waals surface area contributed by atoms with Crippen molar-refractivity contribution >= 4 is 22.4 Å². The summed E-state index contributed by atoms with van der Waals surface area (Å²) in [6.07, 6.45) is 5.54. The van der Waals surface area contributed by atoms with Gasteiger partial charge in [-0.2, -0.15) is 0 Å². The fourth-order valence-corrected chi connectivity index (χ4v) is 10.3. The molecular formula is C22H46O3Si2. The van der Waals surface area contributed by atoms with Crippen LogP contribution in [0, 0.1) is 0 Å². The van der Waals surface area contributed by atoms with Gasteiger partial charge in [-0.25, -0.2) is 4.79 Å². The first kappa shape index (κ1) is 26.6. The number of carbonyl (C=O) groups excluding carboxylic acids is 1. The van der Waals surface area contributed by atoms with Gasteiger partial charge in [-0.3, -0.25) is 0 Å². The highest BCUT2D eigenvalue weighted by Crippen LogP contribution is 2.48. The molecule has 0 amide bonds. The van der Waals surface area contributed by atoms with Crippen molar-refractivity contribution in [3.63, 3.8) is 0 Å². The van der Waals surface area contributed by atoms with Gasteiger partial charge in [0, 0.05) is 10.8 Å². The van der Waals surface area contributed by atoms with Crippen molar-refractivity contribution in [1.29, 1.82) is 0 Å². The minimum atomic E-state index is -1.96. The third kappa shape index (κ3) is 7.50. The molecule has 0 aromatic rings. The highest BCUT2D eigenvalue weighted by atomic mass is 28.4. The van der Waals surface area contributed by atoms with E-state index in [0.29, 0.717) is 12.2 Å². The van der Waals surface area contributed by atoms with Gasteiger partial charge in [0.2, 0.25) is 0 Å². The average Bonchev–Trinajstić information content (AvgIpc) is 2.54. The van der Waals surface area contributed by atoms with Crippen LogP contribution in [0.25, 0.3) is 0 Å². The lowest BCUT2D eigenvalue weighted by Crippen LogP contribution is -2.59. The van der Waals surface area contributed by atoms with Gasteiger partial charge < -0.3 is 9.16 Å². The molecular weight excluding hydrogens is 368 g/mol. The third-order valence-corrected chi connectivity index (χ3v) is 16.7. The molecule has 0 bridgehead atoms. The Hall–Kier alpha value is -0.396. The first-order chi connectivity index (χ1) is 12.2. The number of esters is 1. The lowest BCUT2D eigenvalue weighted by Gasteiger charge is -2.51. The number of hydrogen-bond acceptors (Lipinski definition) is 3. The van der Waals surface area contributed by atoms with Gasteiger partial charge in [0.05, 0.1) is 14.7 Å². The molecule has 0 aliphatic rings. The Kier molecular flexibility index (Phi) is 10.2. The van der Waals surface area contributed by atoms with Crippen LogP contribution in [0.5, 0.6) is 0 Å². The van der Waals surface area contributed by atoms with E-state index in [2.05, 4.69) is 67.4 Å². The zero-order chi connectivity index (χ0) is 21.5. The van der Waals surface area contributed by atoms with Crippen molar-refractivity contribution in [2.75, 3.05) is 6.61 Å². The molecule has 0 aliphatic heterocycles. The summed E-state index contributed by atoms with van der Waals surface area (Å²) in [6.45, 7) is 27.1. The van der Waals surface area contributed by atoms with E-state index in [0.717, 1.165) is 19.3 Å². The largest absolute Gasteiger partial charge is 0.462 e. The maximum Gasteiger partial charge on any atom is 0.333 e. The molecule has 1 unspecified atom stereocenters. The van der Waals surface area contributed by atoms with Crippen LogP contribution >= 0.6 is 0 Å². The van der Waals surface area contributed by atoms with Crippen LogP contribution in [0.2, 0.25) is 37.3 Å². The fourth-order valence-electron chi connectivity index (χ4n) is 3.47. The van der Waals surface area contributed by atoms with Crippen LogP contribution in [0.3, 0.4) is 0 Å². The van der Waals surface area contributed by atoms with E-state index in [1.54, 1.807) is 6.92 Å². The fraction of sp³-hybridized carbons (Fsp3) is 0.864. The van der Waals surface area contributed by atoms with E-state index < -0.39 is 16.4 Å². The van der Waals surface area contributed by atoms with Gasteiger partial charge in [-0.15, -0.1) is 0 Å². The zero-order valence-corrected chi connectivity index (χ0v) is 21.9. The van der Waals surface area contributed by atoms with Crippen LogP contribution in [-0.4, -0.2) is 34.2 Å².